The van der Waals surface area contributed by atoms with Gasteiger partial charge < -0.3 is 16.8 Å². The van der Waals surface area contributed by atoms with E-state index in [1.54, 1.807) is 23.9 Å². The van der Waals surface area contributed by atoms with Crippen LogP contribution in [0.1, 0.15) is 23.2 Å². The van der Waals surface area contributed by atoms with Crippen LogP contribution in [-0.2, 0) is 6.54 Å². The van der Waals surface area contributed by atoms with Crippen LogP contribution in [0.2, 0.25) is 0 Å². The molecule has 0 spiro atoms. The Morgan fingerprint density at radius 3 is 2.97 bits per heavy atom. The zero-order chi connectivity index (χ0) is 20.2. The van der Waals surface area contributed by atoms with Gasteiger partial charge in [-0.15, -0.1) is 0 Å². The summed E-state index contributed by atoms with van der Waals surface area (Å²) in [4.78, 5) is 25.4. The molecule has 0 aliphatic carbocycles. The number of carbonyl (C=O) groups is 1. The SMILES string of the molecule is NCCCCn1nc(-c2cccc(C(=O)NC3=NCCS3)c2)c2c(N)ncnc21. The lowest BCUT2D eigenvalue weighted by molar-refractivity contribution is 0.0978. The number of benzene rings is 1. The number of nitrogens with two attached hydrogens (primary N) is 2. The summed E-state index contributed by atoms with van der Waals surface area (Å²) in [5.41, 5.74) is 14.4. The molecule has 9 nitrogen and oxygen atoms in total. The molecule has 0 bridgehead atoms. The first kappa shape index (κ1) is 19.3. The van der Waals surface area contributed by atoms with Crippen molar-refractivity contribution in [3.8, 4) is 11.3 Å². The largest absolute Gasteiger partial charge is 0.383 e. The van der Waals surface area contributed by atoms with E-state index in [1.807, 2.05) is 16.8 Å². The number of thioether (sulfide) groups is 1. The molecule has 10 heteroatoms. The number of aryl methyl sites for hydroxylation is 1. The van der Waals surface area contributed by atoms with Crippen molar-refractivity contribution in [1.82, 2.24) is 25.1 Å². The van der Waals surface area contributed by atoms with Gasteiger partial charge in [-0.2, -0.15) is 5.10 Å². The van der Waals surface area contributed by atoms with Crippen LogP contribution in [-0.4, -0.2) is 49.7 Å². The van der Waals surface area contributed by atoms with Crippen molar-refractivity contribution < 1.29 is 4.79 Å². The maximum Gasteiger partial charge on any atom is 0.257 e. The average Bonchev–Trinajstić information content (AvgIpc) is 3.37. The van der Waals surface area contributed by atoms with Crippen LogP contribution in [0.25, 0.3) is 22.3 Å². The molecule has 0 radical (unpaired) electrons. The Kier molecular flexibility index (Phi) is 5.72. The Bertz CT molecular complexity index is 1080. The lowest BCUT2D eigenvalue weighted by atomic mass is 10.1. The van der Waals surface area contributed by atoms with Crippen LogP contribution in [0.3, 0.4) is 0 Å². The number of nitrogens with one attached hydrogen (secondary N) is 1. The van der Waals surface area contributed by atoms with Crippen molar-refractivity contribution in [2.45, 2.75) is 19.4 Å². The fourth-order valence-corrected chi connectivity index (χ4v) is 3.91. The van der Waals surface area contributed by atoms with Crippen LogP contribution in [0.5, 0.6) is 0 Å². The van der Waals surface area contributed by atoms with E-state index < -0.39 is 0 Å². The molecule has 29 heavy (non-hydrogen) atoms. The van der Waals surface area contributed by atoms with E-state index in [1.165, 1.54) is 6.33 Å². The summed E-state index contributed by atoms with van der Waals surface area (Å²) in [7, 11) is 0. The molecule has 1 aliphatic heterocycles. The van der Waals surface area contributed by atoms with E-state index in [2.05, 4.69) is 20.3 Å². The summed E-state index contributed by atoms with van der Waals surface area (Å²) >= 11 is 1.54. The number of anilines is 1. The van der Waals surface area contributed by atoms with Gasteiger partial charge in [-0.05, 0) is 31.5 Å². The van der Waals surface area contributed by atoms with Gasteiger partial charge in [-0.1, -0.05) is 23.9 Å². The van der Waals surface area contributed by atoms with Gasteiger partial charge in [0, 0.05) is 23.4 Å². The molecule has 150 valence electrons. The molecule has 2 aromatic heterocycles. The quantitative estimate of drug-likeness (QED) is 0.525. The molecule has 0 atom stereocenters. The van der Waals surface area contributed by atoms with Gasteiger partial charge in [0.2, 0.25) is 0 Å². The molecule has 4 rings (SSSR count). The second-order valence-corrected chi connectivity index (χ2v) is 7.68. The standard InChI is InChI=1S/C19H22N8OS/c20-6-1-2-8-27-17-14(16(21)23-11-24-17)15(26-27)12-4-3-5-13(10-12)18(28)25-19-22-7-9-29-19/h3-5,10-11H,1-2,6-9,20H2,(H2,21,23,24)(H,22,25,28). The molecule has 1 aromatic carbocycles. The van der Waals surface area contributed by atoms with Gasteiger partial charge in [0.1, 0.15) is 17.8 Å². The van der Waals surface area contributed by atoms with Crippen LogP contribution >= 0.6 is 11.8 Å². The highest BCUT2D eigenvalue weighted by atomic mass is 32.2. The van der Waals surface area contributed by atoms with Crippen LogP contribution in [0.4, 0.5) is 5.82 Å². The Hall–Kier alpha value is -2.98. The molecule has 0 fully saturated rings. The van der Waals surface area contributed by atoms with Crippen molar-refractivity contribution in [1.29, 1.82) is 0 Å². The fraction of sp³-hybridized carbons (Fsp3) is 0.316. The predicted molar refractivity (Wildman–Crippen MR) is 116 cm³/mol. The molecule has 3 aromatic rings. The smallest absolute Gasteiger partial charge is 0.257 e. The van der Waals surface area contributed by atoms with E-state index in [4.69, 9.17) is 16.6 Å². The number of aromatic nitrogens is 4. The van der Waals surface area contributed by atoms with E-state index in [-0.39, 0.29) is 5.91 Å². The minimum absolute atomic E-state index is 0.198. The Morgan fingerprint density at radius 1 is 1.28 bits per heavy atom. The summed E-state index contributed by atoms with van der Waals surface area (Å²) in [6.45, 7) is 2.04. The number of fused-ring (bicyclic) bond motifs is 1. The van der Waals surface area contributed by atoms with Gasteiger partial charge in [0.05, 0.1) is 11.9 Å². The number of nitrogen functional groups attached to an aromatic ring is 1. The molecular formula is C19H22N8OS. The van der Waals surface area contributed by atoms with E-state index in [9.17, 15) is 4.79 Å². The molecule has 3 heterocycles. The van der Waals surface area contributed by atoms with Gasteiger partial charge in [-0.25, -0.2) is 14.6 Å². The van der Waals surface area contributed by atoms with E-state index in [0.29, 0.717) is 46.4 Å². The average molecular weight is 411 g/mol. The predicted octanol–water partition coefficient (Wildman–Crippen LogP) is 1.65. The van der Waals surface area contributed by atoms with Gasteiger partial charge in [0.15, 0.2) is 10.8 Å². The molecule has 1 aliphatic rings. The number of amidine groups is 1. The van der Waals surface area contributed by atoms with Crippen molar-refractivity contribution in [3.05, 3.63) is 36.2 Å². The lowest BCUT2D eigenvalue weighted by Crippen LogP contribution is -2.27. The first-order valence-corrected chi connectivity index (χ1v) is 10.4. The Balaban J connectivity index is 1.70. The third kappa shape index (κ3) is 4.08. The summed E-state index contributed by atoms with van der Waals surface area (Å²) in [5, 5.41) is 8.93. The maximum atomic E-state index is 12.6. The number of rotatable bonds is 6. The molecule has 0 saturated heterocycles. The molecule has 5 N–H and O–H groups in total. The Morgan fingerprint density at radius 2 is 2.17 bits per heavy atom. The first-order valence-electron chi connectivity index (χ1n) is 9.43. The summed E-state index contributed by atoms with van der Waals surface area (Å²) < 4.78 is 1.83. The third-order valence-corrected chi connectivity index (χ3v) is 5.48. The number of nitrogens with zero attached hydrogens (tertiary/aromatic N) is 5. The summed E-state index contributed by atoms with van der Waals surface area (Å²) in [6.07, 6.45) is 3.22. The van der Waals surface area contributed by atoms with Crippen molar-refractivity contribution >= 4 is 39.7 Å². The van der Waals surface area contributed by atoms with Crippen LogP contribution in [0, 0.1) is 0 Å². The van der Waals surface area contributed by atoms with Crippen molar-refractivity contribution in [3.63, 3.8) is 0 Å². The van der Waals surface area contributed by atoms with Crippen molar-refractivity contribution in [2.75, 3.05) is 24.6 Å². The second kappa shape index (κ2) is 8.58. The normalized spacial score (nSPS) is 13.6. The number of hydrogen-bond donors (Lipinski definition) is 3. The highest BCUT2D eigenvalue weighted by Crippen LogP contribution is 2.30. The lowest BCUT2D eigenvalue weighted by Gasteiger charge is -2.06. The summed E-state index contributed by atoms with van der Waals surface area (Å²) in [6, 6.07) is 7.29. The maximum absolute atomic E-state index is 12.6. The van der Waals surface area contributed by atoms with Crippen LogP contribution < -0.4 is 16.8 Å². The number of amides is 1. The minimum atomic E-state index is -0.198. The van der Waals surface area contributed by atoms with Crippen molar-refractivity contribution in [2.24, 2.45) is 10.7 Å². The molecule has 0 saturated carbocycles. The molecule has 1 amide bonds. The number of unbranched alkanes of at least 4 members (excludes halogenated alkanes) is 1. The third-order valence-electron chi connectivity index (χ3n) is 4.59. The van der Waals surface area contributed by atoms with Crippen LogP contribution in [0.15, 0.2) is 35.6 Å². The molecular weight excluding hydrogens is 388 g/mol. The van der Waals surface area contributed by atoms with Gasteiger partial charge in [0.25, 0.3) is 5.91 Å². The highest BCUT2D eigenvalue weighted by molar-refractivity contribution is 8.14. The fourth-order valence-electron chi connectivity index (χ4n) is 3.18. The van der Waals surface area contributed by atoms with E-state index >= 15 is 0 Å². The number of carbonyl (C=O) groups excluding carboxylic acids is 1. The topological polar surface area (TPSA) is 137 Å². The Labute approximate surface area is 172 Å². The molecule has 0 unspecified atom stereocenters. The number of hydrogen-bond acceptors (Lipinski definition) is 8. The van der Waals surface area contributed by atoms with Gasteiger partial charge in [-0.3, -0.25) is 9.79 Å². The van der Waals surface area contributed by atoms with Gasteiger partial charge >= 0.3 is 0 Å². The summed E-state index contributed by atoms with van der Waals surface area (Å²) in [5.74, 6) is 1.06. The van der Waals surface area contributed by atoms with E-state index in [0.717, 1.165) is 30.7 Å². The minimum Gasteiger partial charge on any atom is -0.383 e. The monoisotopic (exact) mass is 410 g/mol. The number of aliphatic imine (C=N–C) groups is 1. The zero-order valence-corrected chi connectivity index (χ0v) is 16.7. The highest BCUT2D eigenvalue weighted by Gasteiger charge is 2.19. The second-order valence-electron chi connectivity index (χ2n) is 6.60. The first-order chi connectivity index (χ1) is 14.2. The zero-order valence-electron chi connectivity index (χ0n) is 15.8.